The molecule has 6 heteroatoms. The number of pyridine rings is 1. The van der Waals surface area contributed by atoms with Gasteiger partial charge in [0.1, 0.15) is 0 Å². The summed E-state index contributed by atoms with van der Waals surface area (Å²) >= 11 is 0. The summed E-state index contributed by atoms with van der Waals surface area (Å²) in [6, 6.07) is 1.72. The Hall–Kier alpha value is -2.11. The minimum absolute atomic E-state index is 0.160. The molecule has 4 aliphatic carbocycles. The minimum atomic E-state index is -0.258. The van der Waals surface area contributed by atoms with Crippen LogP contribution in [0.4, 0.5) is 0 Å². The number of aromatic nitrogens is 3. The van der Waals surface area contributed by atoms with Crippen LogP contribution in [0.25, 0.3) is 11.0 Å². The first-order chi connectivity index (χ1) is 12.9. The van der Waals surface area contributed by atoms with Crippen LogP contribution in [0.15, 0.2) is 10.9 Å². The van der Waals surface area contributed by atoms with Crippen molar-refractivity contribution in [3.63, 3.8) is 0 Å². The van der Waals surface area contributed by atoms with Gasteiger partial charge in [0.15, 0.2) is 5.65 Å². The van der Waals surface area contributed by atoms with Crippen molar-refractivity contribution in [1.82, 2.24) is 20.1 Å². The molecule has 0 aliphatic heterocycles. The molecule has 0 radical (unpaired) electrons. The molecule has 4 saturated carbocycles. The molecule has 6 nitrogen and oxygen atoms in total. The number of carbonyl (C=O) groups excluding carboxylic acids is 1. The maximum atomic E-state index is 12.9. The second-order valence-electron chi connectivity index (χ2n) is 9.43. The molecule has 27 heavy (non-hydrogen) atoms. The highest BCUT2D eigenvalue weighted by atomic mass is 16.2. The summed E-state index contributed by atoms with van der Waals surface area (Å²) < 4.78 is 1.58. The lowest BCUT2D eigenvalue weighted by molar-refractivity contribution is -0.0564. The lowest BCUT2D eigenvalue weighted by atomic mass is 9.49. The van der Waals surface area contributed by atoms with Crippen LogP contribution < -0.4 is 10.9 Å². The van der Waals surface area contributed by atoms with E-state index < -0.39 is 0 Å². The number of amides is 1. The third kappa shape index (κ3) is 2.80. The number of H-pyrrole nitrogens is 1. The van der Waals surface area contributed by atoms with E-state index in [2.05, 4.69) is 15.4 Å². The van der Waals surface area contributed by atoms with Crippen LogP contribution in [0.1, 0.15) is 61.0 Å². The SMILES string of the molecule is Cc1cc(C(=O)NCCC23CC4CC(CC(C4)C2)C3)c2c(=O)[nH]n(C)c2n1. The topological polar surface area (TPSA) is 79.8 Å². The van der Waals surface area contributed by atoms with Gasteiger partial charge in [-0.1, -0.05) is 0 Å². The Labute approximate surface area is 158 Å². The third-order valence-electron chi connectivity index (χ3n) is 7.29. The Bertz CT molecular complexity index is 935. The summed E-state index contributed by atoms with van der Waals surface area (Å²) in [6.07, 6.45) is 9.45. The van der Waals surface area contributed by atoms with E-state index >= 15 is 0 Å². The number of aromatic amines is 1. The second-order valence-corrected chi connectivity index (χ2v) is 9.43. The Morgan fingerprint density at radius 2 is 1.89 bits per heavy atom. The standard InChI is InChI=1S/C21H28N4O2/c1-12-5-16(17-18(23-12)25(2)24-20(17)27)19(26)22-4-3-21-9-13-6-14(10-21)8-15(7-13)11-21/h5,13-15H,3-4,6-11H2,1-2H3,(H,22,26)(H,24,27). The molecule has 2 N–H and O–H groups in total. The third-order valence-corrected chi connectivity index (χ3v) is 7.29. The molecule has 0 aromatic carbocycles. The van der Waals surface area contributed by atoms with Gasteiger partial charge in [0.25, 0.3) is 11.5 Å². The van der Waals surface area contributed by atoms with Crippen LogP contribution in [0.2, 0.25) is 0 Å². The first kappa shape index (κ1) is 17.0. The average Bonchev–Trinajstić information content (AvgIpc) is 2.86. The molecule has 144 valence electrons. The van der Waals surface area contributed by atoms with E-state index in [1.165, 1.54) is 38.5 Å². The zero-order chi connectivity index (χ0) is 18.8. The number of fused-ring (bicyclic) bond motifs is 1. The fraction of sp³-hybridized carbons (Fsp3) is 0.667. The molecule has 2 aromatic heterocycles. The van der Waals surface area contributed by atoms with Gasteiger partial charge in [0.05, 0.1) is 10.9 Å². The van der Waals surface area contributed by atoms with Crippen LogP contribution in [0.5, 0.6) is 0 Å². The van der Waals surface area contributed by atoms with Gasteiger partial charge in [-0.05, 0) is 81.1 Å². The van der Waals surface area contributed by atoms with E-state index in [1.54, 1.807) is 17.8 Å². The van der Waals surface area contributed by atoms with Crippen LogP contribution >= 0.6 is 0 Å². The molecule has 4 fully saturated rings. The highest BCUT2D eigenvalue weighted by Gasteiger charge is 2.50. The van der Waals surface area contributed by atoms with Crippen LogP contribution in [0.3, 0.4) is 0 Å². The van der Waals surface area contributed by atoms with Gasteiger partial charge in [-0.25, -0.2) is 4.98 Å². The molecule has 0 unspecified atom stereocenters. The summed E-state index contributed by atoms with van der Waals surface area (Å²) in [5.41, 5.74) is 1.90. The van der Waals surface area contributed by atoms with Gasteiger partial charge in [-0.3, -0.25) is 19.4 Å². The lowest BCUT2D eigenvalue weighted by Gasteiger charge is -2.57. The van der Waals surface area contributed by atoms with Crippen molar-refractivity contribution in [2.75, 3.05) is 6.54 Å². The van der Waals surface area contributed by atoms with Crippen LogP contribution in [0, 0.1) is 30.1 Å². The largest absolute Gasteiger partial charge is 0.352 e. The van der Waals surface area contributed by atoms with E-state index in [9.17, 15) is 9.59 Å². The molecule has 0 atom stereocenters. The van der Waals surface area contributed by atoms with Crippen molar-refractivity contribution in [2.24, 2.45) is 30.2 Å². The molecular weight excluding hydrogens is 340 g/mol. The smallest absolute Gasteiger partial charge is 0.274 e. The molecule has 2 heterocycles. The number of rotatable bonds is 4. The van der Waals surface area contributed by atoms with Crippen LogP contribution in [-0.2, 0) is 7.05 Å². The van der Waals surface area contributed by atoms with Crippen molar-refractivity contribution in [2.45, 2.75) is 51.9 Å². The van der Waals surface area contributed by atoms with Gasteiger partial charge in [0.2, 0.25) is 0 Å². The van der Waals surface area contributed by atoms with Gasteiger partial charge in [0, 0.05) is 19.3 Å². The van der Waals surface area contributed by atoms with E-state index in [-0.39, 0.29) is 11.5 Å². The van der Waals surface area contributed by atoms with E-state index in [0.717, 1.165) is 29.9 Å². The van der Waals surface area contributed by atoms with Gasteiger partial charge < -0.3 is 5.32 Å². The molecule has 0 spiro atoms. The van der Waals surface area contributed by atoms with Crippen molar-refractivity contribution in [3.05, 3.63) is 27.7 Å². The Kier molecular flexibility index (Phi) is 3.75. The zero-order valence-electron chi connectivity index (χ0n) is 16.2. The van der Waals surface area contributed by atoms with E-state index in [0.29, 0.717) is 28.6 Å². The summed E-state index contributed by atoms with van der Waals surface area (Å²) in [7, 11) is 1.74. The Balaban J connectivity index is 1.32. The summed E-state index contributed by atoms with van der Waals surface area (Å²) in [4.78, 5) is 29.5. The maximum absolute atomic E-state index is 12.9. The fourth-order valence-electron chi connectivity index (χ4n) is 6.70. The lowest BCUT2D eigenvalue weighted by Crippen LogP contribution is -2.47. The number of hydrogen-bond donors (Lipinski definition) is 2. The summed E-state index contributed by atoms with van der Waals surface area (Å²) in [6.45, 7) is 2.54. The molecule has 0 saturated heterocycles. The molecule has 4 aliphatic rings. The Morgan fingerprint density at radius 1 is 1.26 bits per heavy atom. The van der Waals surface area contributed by atoms with Crippen molar-refractivity contribution >= 4 is 16.9 Å². The van der Waals surface area contributed by atoms with Crippen molar-refractivity contribution < 1.29 is 4.79 Å². The van der Waals surface area contributed by atoms with Crippen molar-refractivity contribution in [1.29, 1.82) is 0 Å². The first-order valence-electron chi connectivity index (χ1n) is 10.3. The maximum Gasteiger partial charge on any atom is 0.274 e. The van der Waals surface area contributed by atoms with Gasteiger partial charge >= 0.3 is 0 Å². The Morgan fingerprint density at radius 3 is 2.52 bits per heavy atom. The minimum Gasteiger partial charge on any atom is -0.352 e. The van der Waals surface area contributed by atoms with E-state index in [1.807, 2.05) is 6.92 Å². The molecule has 4 bridgehead atoms. The highest BCUT2D eigenvalue weighted by Crippen LogP contribution is 2.61. The predicted octanol–water partition coefficient (Wildman–Crippen LogP) is 2.91. The van der Waals surface area contributed by atoms with Crippen molar-refractivity contribution in [3.8, 4) is 0 Å². The fourth-order valence-corrected chi connectivity index (χ4v) is 6.70. The normalized spacial score (nSPS) is 31.6. The molecule has 1 amide bonds. The quantitative estimate of drug-likeness (QED) is 0.871. The number of aryl methyl sites for hydroxylation is 2. The molecular formula is C21H28N4O2. The van der Waals surface area contributed by atoms with Gasteiger partial charge in [-0.15, -0.1) is 0 Å². The number of hydrogen-bond acceptors (Lipinski definition) is 3. The first-order valence-corrected chi connectivity index (χ1v) is 10.3. The number of nitrogens with zero attached hydrogens (tertiary/aromatic N) is 2. The molecule has 6 rings (SSSR count). The zero-order valence-corrected chi connectivity index (χ0v) is 16.2. The summed E-state index contributed by atoms with van der Waals surface area (Å²) in [5.74, 6) is 2.62. The molecule has 2 aromatic rings. The van der Waals surface area contributed by atoms with Crippen LogP contribution in [-0.4, -0.2) is 27.2 Å². The summed E-state index contributed by atoms with van der Waals surface area (Å²) in [5, 5.41) is 6.19. The number of nitrogens with one attached hydrogen (secondary N) is 2. The number of carbonyl (C=O) groups is 1. The van der Waals surface area contributed by atoms with Gasteiger partial charge in [-0.2, -0.15) is 0 Å². The highest BCUT2D eigenvalue weighted by molar-refractivity contribution is 6.05. The monoisotopic (exact) mass is 368 g/mol. The predicted molar refractivity (Wildman–Crippen MR) is 104 cm³/mol. The average molecular weight is 368 g/mol. The van der Waals surface area contributed by atoms with E-state index in [4.69, 9.17) is 0 Å². The second kappa shape index (κ2) is 5.94.